The number of nitrogens with one attached hydrogen (secondary N) is 1. The molecule has 3 aromatic rings. The Kier molecular flexibility index (Phi) is 6.76. The molecule has 1 aromatic heterocycles. The van der Waals surface area contributed by atoms with E-state index in [2.05, 4.69) is 24.5 Å². The highest BCUT2D eigenvalue weighted by Gasteiger charge is 2.47. The number of hydrogen-bond donors (Lipinski definition) is 2. The summed E-state index contributed by atoms with van der Waals surface area (Å²) in [7, 11) is 0.844. The zero-order valence-electron chi connectivity index (χ0n) is 19.0. The molecule has 0 aliphatic carbocycles. The SMILES string of the molecule is COc1c(Oc2cc3c(c(F)c2C(=O)Nc2ccnc(C(N)=O)c2)OC(F)(F)O3)ccc(OC(F)(F)F)c1F. The predicted molar refractivity (Wildman–Crippen MR) is 113 cm³/mol. The summed E-state index contributed by atoms with van der Waals surface area (Å²) in [6.07, 6.45) is -8.54. The number of ether oxygens (including phenoxy) is 5. The minimum absolute atomic E-state index is 0.144. The first-order valence-corrected chi connectivity index (χ1v) is 10.2. The summed E-state index contributed by atoms with van der Waals surface area (Å²) in [6, 6.07) is 3.97. The van der Waals surface area contributed by atoms with Crippen LogP contribution in [-0.2, 0) is 0 Å². The summed E-state index contributed by atoms with van der Waals surface area (Å²) >= 11 is 0. The van der Waals surface area contributed by atoms with Gasteiger partial charge in [-0.3, -0.25) is 14.6 Å². The highest BCUT2D eigenvalue weighted by molar-refractivity contribution is 6.07. The Labute approximate surface area is 212 Å². The molecule has 0 bridgehead atoms. The fourth-order valence-electron chi connectivity index (χ4n) is 3.27. The number of nitrogens with two attached hydrogens (primary N) is 1. The van der Waals surface area contributed by atoms with Crippen LogP contribution in [0.25, 0.3) is 0 Å². The first-order valence-electron chi connectivity index (χ1n) is 10.2. The van der Waals surface area contributed by atoms with Crippen molar-refractivity contribution in [2.75, 3.05) is 12.4 Å². The Morgan fingerprint density at radius 2 is 1.72 bits per heavy atom. The third-order valence-corrected chi connectivity index (χ3v) is 4.77. The van der Waals surface area contributed by atoms with Crippen LogP contribution in [0, 0.1) is 11.6 Å². The molecule has 10 nitrogen and oxygen atoms in total. The Morgan fingerprint density at radius 3 is 2.36 bits per heavy atom. The third-order valence-electron chi connectivity index (χ3n) is 4.77. The van der Waals surface area contributed by atoms with Gasteiger partial charge in [-0.1, -0.05) is 0 Å². The number of primary amides is 1. The number of halogens is 7. The molecule has 0 radical (unpaired) electrons. The van der Waals surface area contributed by atoms with Crippen LogP contribution in [-0.4, -0.2) is 36.6 Å². The van der Waals surface area contributed by atoms with Gasteiger partial charge in [-0.25, -0.2) is 4.39 Å². The molecule has 0 saturated heterocycles. The van der Waals surface area contributed by atoms with Crippen molar-refractivity contribution in [2.24, 2.45) is 5.73 Å². The average Bonchev–Trinajstić information content (AvgIpc) is 3.15. The zero-order chi connectivity index (χ0) is 28.7. The van der Waals surface area contributed by atoms with Gasteiger partial charge in [-0.05, 0) is 24.3 Å². The van der Waals surface area contributed by atoms with Crippen molar-refractivity contribution in [2.45, 2.75) is 12.7 Å². The Bertz CT molecular complexity index is 1480. The van der Waals surface area contributed by atoms with E-state index < -0.39 is 76.2 Å². The van der Waals surface area contributed by atoms with Crippen molar-refractivity contribution in [3.63, 3.8) is 0 Å². The van der Waals surface area contributed by atoms with Gasteiger partial charge in [0.2, 0.25) is 17.3 Å². The molecule has 39 heavy (non-hydrogen) atoms. The molecule has 0 atom stereocenters. The van der Waals surface area contributed by atoms with E-state index in [0.29, 0.717) is 18.2 Å². The van der Waals surface area contributed by atoms with Gasteiger partial charge in [-0.2, -0.15) is 4.39 Å². The molecule has 0 fully saturated rings. The number of carbonyl (C=O) groups is 2. The lowest BCUT2D eigenvalue weighted by atomic mass is 10.1. The number of benzene rings is 2. The second kappa shape index (κ2) is 9.73. The smallest absolute Gasteiger partial charge is 0.490 e. The quantitative estimate of drug-likeness (QED) is 0.395. The summed E-state index contributed by atoms with van der Waals surface area (Å²) < 4.78 is 117. The number of nitrogens with zero attached hydrogens (tertiary/aromatic N) is 1. The highest BCUT2D eigenvalue weighted by Crippen LogP contribution is 2.49. The van der Waals surface area contributed by atoms with Gasteiger partial charge in [0.25, 0.3) is 11.8 Å². The van der Waals surface area contributed by atoms with E-state index in [1.54, 1.807) is 0 Å². The number of carbonyl (C=O) groups excluding carboxylic acids is 2. The van der Waals surface area contributed by atoms with Gasteiger partial charge >= 0.3 is 12.7 Å². The Morgan fingerprint density at radius 1 is 1.03 bits per heavy atom. The molecule has 0 saturated carbocycles. The van der Waals surface area contributed by atoms with Gasteiger partial charge in [0, 0.05) is 18.0 Å². The van der Waals surface area contributed by atoms with E-state index in [4.69, 9.17) is 15.2 Å². The zero-order valence-corrected chi connectivity index (χ0v) is 19.0. The van der Waals surface area contributed by atoms with Crippen LogP contribution < -0.4 is 34.7 Å². The number of hydrogen-bond acceptors (Lipinski definition) is 8. The largest absolute Gasteiger partial charge is 0.586 e. The number of pyridine rings is 1. The normalized spacial score (nSPS) is 13.5. The number of aromatic nitrogens is 1. The fourth-order valence-corrected chi connectivity index (χ4v) is 3.27. The van der Waals surface area contributed by atoms with Crippen LogP contribution in [0.2, 0.25) is 0 Å². The first-order chi connectivity index (χ1) is 18.2. The molecule has 206 valence electrons. The number of anilines is 1. The van der Waals surface area contributed by atoms with E-state index in [-0.39, 0.29) is 11.4 Å². The number of methoxy groups -OCH3 is 1. The highest BCUT2D eigenvalue weighted by atomic mass is 19.4. The van der Waals surface area contributed by atoms with E-state index in [9.17, 15) is 35.9 Å². The first kappa shape index (κ1) is 27.1. The molecule has 2 amide bonds. The molecule has 4 rings (SSSR count). The summed E-state index contributed by atoms with van der Waals surface area (Å²) in [5.41, 5.74) is 3.59. The molecule has 1 aliphatic heterocycles. The molecule has 0 spiro atoms. The molecule has 17 heteroatoms. The number of alkyl halides is 5. The van der Waals surface area contributed by atoms with Crippen LogP contribution >= 0.6 is 0 Å². The third kappa shape index (κ3) is 5.65. The summed E-state index contributed by atoms with van der Waals surface area (Å²) in [5, 5.41) is 2.17. The van der Waals surface area contributed by atoms with Gasteiger partial charge in [0.1, 0.15) is 17.0 Å². The molecular weight excluding hydrogens is 551 g/mol. The molecular formula is C22H12F7N3O7. The van der Waals surface area contributed by atoms with Crippen LogP contribution in [0.5, 0.6) is 34.5 Å². The monoisotopic (exact) mass is 563 g/mol. The molecule has 2 aromatic carbocycles. The lowest BCUT2D eigenvalue weighted by Gasteiger charge is -2.17. The van der Waals surface area contributed by atoms with E-state index >= 15 is 4.39 Å². The van der Waals surface area contributed by atoms with Crippen LogP contribution in [0.15, 0.2) is 36.5 Å². The van der Waals surface area contributed by atoms with E-state index in [1.165, 1.54) is 6.07 Å². The minimum Gasteiger partial charge on any atom is -0.490 e. The van der Waals surface area contributed by atoms with Gasteiger partial charge in [0.05, 0.1) is 7.11 Å². The lowest BCUT2D eigenvalue weighted by Crippen LogP contribution is -2.26. The topological polar surface area (TPSA) is 131 Å². The van der Waals surface area contributed by atoms with Crippen molar-refractivity contribution >= 4 is 17.5 Å². The average molecular weight is 563 g/mol. The van der Waals surface area contributed by atoms with E-state index in [0.717, 1.165) is 19.4 Å². The summed E-state index contributed by atoms with van der Waals surface area (Å²) in [6.45, 7) is 0. The summed E-state index contributed by atoms with van der Waals surface area (Å²) in [5.74, 6) is -11.7. The molecule has 3 N–H and O–H groups in total. The molecule has 0 unspecified atom stereocenters. The number of fused-ring (bicyclic) bond motifs is 1. The van der Waals surface area contributed by atoms with Crippen molar-refractivity contribution in [1.29, 1.82) is 0 Å². The predicted octanol–water partition coefficient (Wildman–Crippen LogP) is 4.73. The number of amides is 2. The minimum atomic E-state index is -5.27. The van der Waals surface area contributed by atoms with Crippen molar-refractivity contribution in [1.82, 2.24) is 4.98 Å². The Balaban J connectivity index is 1.79. The van der Waals surface area contributed by atoms with Crippen molar-refractivity contribution in [3.8, 4) is 34.5 Å². The van der Waals surface area contributed by atoms with Crippen LogP contribution in [0.4, 0.5) is 36.4 Å². The van der Waals surface area contributed by atoms with Crippen molar-refractivity contribution in [3.05, 3.63) is 59.4 Å². The van der Waals surface area contributed by atoms with Crippen LogP contribution in [0.1, 0.15) is 20.8 Å². The second-order valence-corrected chi connectivity index (χ2v) is 7.37. The van der Waals surface area contributed by atoms with Crippen molar-refractivity contribution < 1.29 is 64.0 Å². The Hall–Kier alpha value is -4.96. The van der Waals surface area contributed by atoms with Gasteiger partial charge < -0.3 is 34.7 Å². The van der Waals surface area contributed by atoms with Gasteiger partial charge in [-0.15, -0.1) is 22.0 Å². The maximum absolute atomic E-state index is 15.3. The number of rotatable bonds is 7. The van der Waals surface area contributed by atoms with E-state index in [1.807, 2.05) is 0 Å². The molecule has 2 heterocycles. The fraction of sp³-hybridized carbons (Fsp3) is 0.136. The lowest BCUT2D eigenvalue weighted by molar-refractivity contribution is -0.287. The molecule has 1 aliphatic rings. The maximum atomic E-state index is 15.3. The standard InChI is InChI=1S/C22H12F7N3O7/c1-35-17-11(3-2-10(15(17)23)37-21(25,26)27)36-12-7-13-18(39-22(28,29)38-13)16(24)14(12)20(34)32-8-4-5-31-9(6-8)19(30)33/h2-7H,1H3,(H2,30,33)(H,31,32,34). The van der Waals surface area contributed by atoms with Gasteiger partial charge in [0.15, 0.2) is 23.1 Å². The maximum Gasteiger partial charge on any atom is 0.586 e. The summed E-state index contributed by atoms with van der Waals surface area (Å²) in [4.78, 5) is 28.0. The van der Waals surface area contributed by atoms with Crippen LogP contribution in [0.3, 0.4) is 0 Å². The second-order valence-electron chi connectivity index (χ2n) is 7.37.